The first-order valence-electron chi connectivity index (χ1n) is 1.30. The summed E-state index contributed by atoms with van der Waals surface area (Å²) in [4.78, 5) is 11.5. The molecule has 5 nitrogen and oxygen atoms in total. The molecule has 5 heteroatoms. The van der Waals surface area contributed by atoms with Crippen molar-refractivity contribution < 1.29 is 9.58 Å². The summed E-state index contributed by atoms with van der Waals surface area (Å²) in [5.41, 5.74) is 15.2. The molecule has 0 amide bonds. The van der Waals surface area contributed by atoms with Crippen LogP contribution >= 0.6 is 0 Å². The normalized spacial score (nSPS) is 6.29. The highest BCUT2D eigenvalue weighted by Gasteiger charge is 2.11. The fourth-order valence-corrected chi connectivity index (χ4v) is 0.0608. The molecule has 0 saturated heterocycles. The Kier molecular flexibility index (Phi) is 2.31. The summed E-state index contributed by atoms with van der Waals surface area (Å²) in [6.07, 6.45) is 1.03. The van der Waals surface area contributed by atoms with Crippen LogP contribution in [0.4, 0.5) is 0 Å². The van der Waals surface area contributed by atoms with Crippen LogP contribution in [0.5, 0.6) is 0 Å². The van der Waals surface area contributed by atoms with Crippen molar-refractivity contribution >= 4 is 12.1 Å². The lowest BCUT2D eigenvalue weighted by atomic mass is 10.7. The molecule has 7 heavy (non-hydrogen) atoms. The van der Waals surface area contributed by atoms with Gasteiger partial charge in [-0.25, -0.2) is 0 Å². The van der Waals surface area contributed by atoms with Crippen LogP contribution in [0, 0.1) is 0 Å². The van der Waals surface area contributed by atoms with Crippen molar-refractivity contribution in [3.05, 3.63) is 11.1 Å². The Hall–Kier alpha value is -1.35. The third kappa shape index (κ3) is 1.51. The average Bonchev–Trinajstić information content (AvgIpc) is 1.72. The van der Waals surface area contributed by atoms with Crippen LogP contribution in [0.15, 0.2) is 0 Å². The molecule has 0 aliphatic rings. The minimum atomic E-state index is -0.764. The van der Waals surface area contributed by atoms with Gasteiger partial charge >= 0.3 is 12.1 Å². The first-order valence-corrected chi connectivity index (χ1v) is 1.30. The van der Waals surface area contributed by atoms with Crippen molar-refractivity contribution in [2.24, 2.45) is 0 Å². The van der Waals surface area contributed by atoms with E-state index in [0.29, 0.717) is 0 Å². The van der Waals surface area contributed by atoms with E-state index >= 15 is 0 Å². The van der Waals surface area contributed by atoms with Crippen LogP contribution in [0.25, 0.3) is 11.1 Å². The summed E-state index contributed by atoms with van der Waals surface area (Å²) < 4.78 is 0. The standard InChI is InChI=1S/C2N4O/c3-5-2(1-7)6-4. The van der Waals surface area contributed by atoms with E-state index in [4.69, 9.17) is 11.1 Å². The van der Waals surface area contributed by atoms with Gasteiger partial charge in [0, 0.05) is 0 Å². The highest BCUT2D eigenvalue weighted by atomic mass is 16.1. The lowest BCUT2D eigenvalue weighted by Crippen LogP contribution is -2.03. The minimum Gasteiger partial charge on any atom is -0.417 e. The molecular weight excluding hydrogens is 96.0 g/mol. The summed E-state index contributed by atoms with van der Waals surface area (Å²) in [5, 5.41) is 2.20. The molecule has 2 radical (unpaired) electrons. The molecule has 0 saturated carbocycles. The number of hydrogen-bond donors (Lipinski definition) is 0. The summed E-state index contributed by atoms with van der Waals surface area (Å²) in [7, 11) is 0. The number of hydrogen-bond acceptors (Lipinski definition) is 1. The topological polar surface area (TPSA) is 89.9 Å². The fourth-order valence-electron chi connectivity index (χ4n) is 0.0608. The number of amidine groups is 1. The Morgan fingerprint density at radius 1 is 1.57 bits per heavy atom. The highest BCUT2D eigenvalue weighted by molar-refractivity contribution is 6.23. The van der Waals surface area contributed by atoms with Crippen molar-refractivity contribution in [1.29, 1.82) is 0 Å². The Bertz CT molecular complexity index is 123. The van der Waals surface area contributed by atoms with E-state index in [2.05, 4.69) is 9.90 Å². The van der Waals surface area contributed by atoms with E-state index in [9.17, 15) is 4.79 Å². The molecule has 0 aliphatic heterocycles. The van der Waals surface area contributed by atoms with Gasteiger partial charge in [-0.15, -0.1) is 0 Å². The molecule has 0 aromatic heterocycles. The summed E-state index contributed by atoms with van der Waals surface area (Å²) in [6.45, 7) is 0. The maximum atomic E-state index is 9.30. The van der Waals surface area contributed by atoms with Crippen molar-refractivity contribution in [3.63, 3.8) is 0 Å². The molecule has 0 heterocycles. The highest BCUT2D eigenvalue weighted by Crippen LogP contribution is 1.46. The van der Waals surface area contributed by atoms with Crippen LogP contribution in [0.1, 0.15) is 0 Å². The van der Waals surface area contributed by atoms with Crippen molar-refractivity contribution in [3.8, 4) is 0 Å². The molecule has 0 unspecified atom stereocenters. The predicted molar refractivity (Wildman–Crippen MR) is 19.8 cm³/mol. The van der Waals surface area contributed by atoms with Gasteiger partial charge in [0.05, 0.1) is 5.11 Å². The molecule has 0 N–H and O–H groups in total. The smallest absolute Gasteiger partial charge is 0.417 e. The third-order valence-corrected chi connectivity index (χ3v) is 0.281. The maximum absolute atomic E-state index is 9.30. The quantitative estimate of drug-likeness (QED) is 0.179. The Balaban J connectivity index is 4.14. The van der Waals surface area contributed by atoms with Crippen molar-refractivity contribution in [2.75, 3.05) is 0 Å². The van der Waals surface area contributed by atoms with Crippen molar-refractivity contribution in [2.45, 2.75) is 0 Å². The second-order valence-electron chi connectivity index (χ2n) is 0.626. The lowest BCUT2D eigenvalue weighted by molar-refractivity contribution is -0.00497. The largest absolute Gasteiger partial charge is 0.652 e. The van der Waals surface area contributed by atoms with Crippen LogP contribution < -0.4 is 5.11 Å². The van der Waals surface area contributed by atoms with Crippen LogP contribution in [-0.2, 0) is 4.79 Å². The van der Waals surface area contributed by atoms with Gasteiger partial charge < -0.3 is 11.1 Å². The Labute approximate surface area is 39.1 Å². The first-order chi connectivity index (χ1) is 3.35. The van der Waals surface area contributed by atoms with Gasteiger partial charge in [-0.05, 0) is 0 Å². The van der Waals surface area contributed by atoms with Crippen LogP contribution in [0.3, 0.4) is 0 Å². The zero-order valence-electron chi connectivity index (χ0n) is 3.20. The van der Waals surface area contributed by atoms with E-state index in [-0.39, 0.29) is 0 Å². The minimum absolute atomic E-state index is 0.764. The van der Waals surface area contributed by atoms with Gasteiger partial charge in [-0.2, -0.15) is 0 Å². The van der Waals surface area contributed by atoms with Crippen molar-refractivity contribution in [1.82, 2.24) is 5.11 Å². The van der Waals surface area contributed by atoms with Crippen LogP contribution in [-0.4, -0.2) is 16.9 Å². The maximum Gasteiger partial charge on any atom is 0.652 e. The van der Waals surface area contributed by atoms with E-state index in [1.165, 1.54) is 0 Å². The number of carbonyl (C=O) groups excluding carboxylic acids is 1. The van der Waals surface area contributed by atoms with Gasteiger partial charge in [0.2, 0.25) is 0 Å². The summed E-state index contributed by atoms with van der Waals surface area (Å²) >= 11 is 0. The molecule has 0 atom stereocenters. The predicted octanol–water partition coefficient (Wildman–Crippen LogP) is -0.918. The second kappa shape index (κ2) is 2.87. The van der Waals surface area contributed by atoms with Gasteiger partial charge in [-0.1, -0.05) is 4.79 Å². The van der Waals surface area contributed by atoms with E-state index in [0.717, 1.165) is 6.29 Å². The van der Waals surface area contributed by atoms with Gasteiger partial charge in [-0.3, -0.25) is 4.79 Å². The Morgan fingerprint density at radius 2 is 2.14 bits per heavy atom. The zero-order valence-corrected chi connectivity index (χ0v) is 3.20. The Morgan fingerprint density at radius 3 is 2.14 bits per heavy atom. The molecule has 0 aliphatic carbocycles. The summed E-state index contributed by atoms with van der Waals surface area (Å²) in [5.74, 6) is -0.764. The molecule has 0 aromatic carbocycles. The fraction of sp³-hybridized carbons (Fsp3) is 0. The lowest BCUT2D eigenvalue weighted by Gasteiger charge is -1.48. The van der Waals surface area contributed by atoms with Gasteiger partial charge in [0.15, 0.2) is 0 Å². The third-order valence-electron chi connectivity index (χ3n) is 0.281. The molecule has 0 rings (SSSR count). The SMILES string of the molecule is [N-]=[N+]C([C]=O)=[N+]=[N-]. The van der Waals surface area contributed by atoms with E-state index in [1.807, 2.05) is 0 Å². The number of nitrogens with zero attached hydrogens (tertiary/aromatic N) is 4. The van der Waals surface area contributed by atoms with Gasteiger partial charge in [0.1, 0.15) is 0 Å². The molecule has 0 aromatic rings. The molecule has 0 bridgehead atoms. The monoisotopic (exact) mass is 96.0 g/mol. The average molecular weight is 96.0 g/mol. The molecule has 34 valence electrons. The van der Waals surface area contributed by atoms with Gasteiger partial charge in [0.25, 0.3) is 0 Å². The molecule has 0 spiro atoms. The summed E-state index contributed by atoms with van der Waals surface area (Å²) in [6, 6.07) is 0. The molecule has 0 fully saturated rings. The zero-order chi connectivity index (χ0) is 5.70. The molecular formula is C2N4O. The second-order valence-corrected chi connectivity index (χ2v) is 0.626. The first kappa shape index (κ1) is 5.65. The van der Waals surface area contributed by atoms with Crippen LogP contribution in [0.2, 0.25) is 0 Å². The number of rotatable bonds is 1. The van der Waals surface area contributed by atoms with E-state index in [1.54, 1.807) is 0 Å². The van der Waals surface area contributed by atoms with E-state index < -0.39 is 5.84 Å².